The molecule has 10 heavy (non-hydrogen) atoms. The van der Waals surface area contributed by atoms with Crippen LogP contribution in [0.2, 0.25) is 0 Å². The van der Waals surface area contributed by atoms with E-state index in [2.05, 4.69) is 0 Å². The number of rotatable bonds is 1. The van der Waals surface area contributed by atoms with Crippen LogP contribution in [0.25, 0.3) is 0 Å². The molecule has 0 aliphatic rings. The fraction of sp³-hybridized carbons (Fsp3) is 0.143. The summed E-state index contributed by atoms with van der Waals surface area (Å²) in [5.74, 6) is 0. The Kier molecular flexibility index (Phi) is 4.25. The molecule has 50 valence electrons. The summed E-state index contributed by atoms with van der Waals surface area (Å²) in [4.78, 5) is 0. The number of hydrogen-bond donors (Lipinski definition) is 2. The van der Waals surface area contributed by atoms with Crippen molar-refractivity contribution in [2.75, 3.05) is 5.73 Å². The van der Waals surface area contributed by atoms with Crippen molar-refractivity contribution in [1.82, 2.24) is 0 Å². The molecule has 0 atom stereocenters. The zero-order chi connectivity index (χ0) is 6.69. The molecule has 2 nitrogen and oxygen atoms in total. The molecule has 0 aromatic heterocycles. The average Bonchev–Trinajstić information content (AvgIpc) is 1.90. The Labute approximate surface area is 72.8 Å². The van der Waals surface area contributed by atoms with E-state index >= 15 is 0 Å². The first-order chi connectivity index (χ1) is 4.33. The van der Waals surface area contributed by atoms with Gasteiger partial charge in [0.1, 0.15) is 0 Å². The second-order valence-corrected chi connectivity index (χ2v) is 1.90. The maximum Gasteiger partial charge on any atom is 0.0681 e. The van der Waals surface area contributed by atoms with Crippen LogP contribution >= 0.6 is 0 Å². The number of nitrogen functional groups attached to an aromatic ring is 1. The Balaban J connectivity index is 0.000000810. The van der Waals surface area contributed by atoms with Crippen molar-refractivity contribution < 1.29 is 24.6 Å². The Bertz CT molecular complexity index is 185. The van der Waals surface area contributed by atoms with Gasteiger partial charge in [-0.3, -0.25) is 0 Å². The van der Waals surface area contributed by atoms with Crippen LogP contribution in [0.4, 0.5) is 5.69 Å². The topological polar surface area (TPSA) is 46.2 Å². The molecule has 0 unspecified atom stereocenters. The minimum Gasteiger partial charge on any atom is -0.399 e. The van der Waals surface area contributed by atoms with Gasteiger partial charge in [-0.15, -0.1) is 0 Å². The zero-order valence-electron chi connectivity index (χ0n) is 5.75. The van der Waals surface area contributed by atoms with Crippen molar-refractivity contribution in [3.05, 3.63) is 29.8 Å². The summed E-state index contributed by atoms with van der Waals surface area (Å²) < 4.78 is 0. The summed E-state index contributed by atoms with van der Waals surface area (Å²) >= 11 is 0. The fourth-order valence-electron chi connectivity index (χ4n) is 0.623. The van der Waals surface area contributed by atoms with E-state index in [1.807, 2.05) is 0 Å². The summed E-state index contributed by atoms with van der Waals surface area (Å²) in [5.41, 5.74) is 7.02. The summed E-state index contributed by atoms with van der Waals surface area (Å²) in [6, 6.07) is 7.14. The van der Waals surface area contributed by atoms with Gasteiger partial charge in [0.15, 0.2) is 0 Å². The third-order valence-corrected chi connectivity index (χ3v) is 1.16. The van der Waals surface area contributed by atoms with E-state index in [-0.39, 0.29) is 26.1 Å². The summed E-state index contributed by atoms with van der Waals surface area (Å²) in [6.07, 6.45) is 0. The average molecular weight is 189 g/mol. The van der Waals surface area contributed by atoms with E-state index in [1.54, 1.807) is 24.3 Å². The Hall–Kier alpha value is -0.397. The fourth-order valence-corrected chi connectivity index (χ4v) is 0.623. The van der Waals surface area contributed by atoms with E-state index in [9.17, 15) is 0 Å². The molecule has 0 heterocycles. The molecular weight excluding hydrogens is 179 g/mol. The maximum atomic E-state index is 8.59. The second kappa shape index (κ2) is 4.42. The summed E-state index contributed by atoms with van der Waals surface area (Å²) in [5, 5.41) is 8.59. The molecular formula is C7H9NOZn. The first kappa shape index (κ1) is 9.60. The molecule has 3 heteroatoms. The minimum absolute atomic E-state index is 0. The molecule has 1 aromatic carbocycles. The van der Waals surface area contributed by atoms with E-state index < -0.39 is 0 Å². The van der Waals surface area contributed by atoms with Crippen LogP contribution < -0.4 is 5.73 Å². The molecule has 0 bridgehead atoms. The molecule has 1 aromatic rings. The van der Waals surface area contributed by atoms with Crippen LogP contribution in [-0.2, 0) is 26.1 Å². The number of anilines is 1. The van der Waals surface area contributed by atoms with Crippen LogP contribution in [0.15, 0.2) is 24.3 Å². The van der Waals surface area contributed by atoms with Crippen LogP contribution in [0.3, 0.4) is 0 Å². The van der Waals surface area contributed by atoms with Crippen molar-refractivity contribution in [1.29, 1.82) is 0 Å². The van der Waals surface area contributed by atoms with E-state index in [0.29, 0.717) is 0 Å². The SMILES string of the molecule is Nc1ccc(CO)cc1.[Zn]. The molecule has 0 aliphatic carbocycles. The summed E-state index contributed by atoms with van der Waals surface area (Å²) in [6.45, 7) is 0.0836. The monoisotopic (exact) mass is 187 g/mol. The smallest absolute Gasteiger partial charge is 0.0681 e. The molecule has 0 spiro atoms. The predicted molar refractivity (Wildman–Crippen MR) is 36.8 cm³/mol. The van der Waals surface area contributed by atoms with Crippen LogP contribution in [0.1, 0.15) is 5.56 Å². The van der Waals surface area contributed by atoms with E-state index in [1.165, 1.54) is 0 Å². The third kappa shape index (κ3) is 2.46. The first-order valence-corrected chi connectivity index (χ1v) is 2.78. The van der Waals surface area contributed by atoms with Crippen LogP contribution in [0, 0.1) is 0 Å². The normalized spacial score (nSPS) is 8.50. The van der Waals surface area contributed by atoms with E-state index in [0.717, 1.165) is 11.3 Å². The number of benzene rings is 1. The minimum atomic E-state index is 0. The van der Waals surface area contributed by atoms with Gasteiger partial charge < -0.3 is 10.8 Å². The third-order valence-electron chi connectivity index (χ3n) is 1.16. The molecule has 0 fully saturated rings. The van der Waals surface area contributed by atoms with Gasteiger partial charge in [-0.25, -0.2) is 0 Å². The number of nitrogens with two attached hydrogens (primary N) is 1. The van der Waals surface area contributed by atoms with Gasteiger partial charge >= 0.3 is 0 Å². The second-order valence-electron chi connectivity index (χ2n) is 1.90. The molecule has 1 rings (SSSR count). The van der Waals surface area contributed by atoms with Crippen molar-refractivity contribution in [2.24, 2.45) is 0 Å². The molecule has 0 amide bonds. The van der Waals surface area contributed by atoms with Gasteiger partial charge in [-0.2, -0.15) is 0 Å². The van der Waals surface area contributed by atoms with Gasteiger partial charge in [0.25, 0.3) is 0 Å². The van der Waals surface area contributed by atoms with Crippen LogP contribution in [-0.4, -0.2) is 5.11 Å². The summed E-state index contributed by atoms with van der Waals surface area (Å²) in [7, 11) is 0. The molecule has 0 radical (unpaired) electrons. The van der Waals surface area contributed by atoms with Gasteiger partial charge in [0.2, 0.25) is 0 Å². The van der Waals surface area contributed by atoms with Crippen molar-refractivity contribution in [2.45, 2.75) is 6.61 Å². The first-order valence-electron chi connectivity index (χ1n) is 2.78. The van der Waals surface area contributed by atoms with Crippen molar-refractivity contribution in [3.63, 3.8) is 0 Å². The Morgan fingerprint density at radius 1 is 1.20 bits per heavy atom. The standard InChI is InChI=1S/C7H9NO.Zn/c8-7-3-1-6(5-9)2-4-7;/h1-4,9H,5,8H2;. The van der Waals surface area contributed by atoms with Gasteiger partial charge in [-0.05, 0) is 17.7 Å². The Morgan fingerprint density at radius 2 is 1.70 bits per heavy atom. The van der Waals surface area contributed by atoms with E-state index in [4.69, 9.17) is 10.8 Å². The van der Waals surface area contributed by atoms with Gasteiger partial charge in [0.05, 0.1) is 6.61 Å². The zero-order valence-corrected chi connectivity index (χ0v) is 8.72. The number of aliphatic hydroxyl groups is 1. The van der Waals surface area contributed by atoms with Gasteiger partial charge in [0, 0.05) is 25.2 Å². The predicted octanol–water partition coefficient (Wildman–Crippen LogP) is 0.759. The molecule has 3 N–H and O–H groups in total. The molecule has 0 aliphatic heterocycles. The molecule has 0 saturated carbocycles. The van der Waals surface area contributed by atoms with Crippen molar-refractivity contribution >= 4 is 5.69 Å². The van der Waals surface area contributed by atoms with Gasteiger partial charge in [-0.1, -0.05) is 12.1 Å². The quantitative estimate of drug-likeness (QED) is 0.505. The molecule has 0 saturated heterocycles. The van der Waals surface area contributed by atoms with Crippen molar-refractivity contribution in [3.8, 4) is 0 Å². The van der Waals surface area contributed by atoms with Crippen LogP contribution in [0.5, 0.6) is 0 Å². The number of hydrogen-bond acceptors (Lipinski definition) is 2. The number of aliphatic hydroxyl groups excluding tert-OH is 1. The maximum absolute atomic E-state index is 8.59. The largest absolute Gasteiger partial charge is 0.399 e. The Morgan fingerprint density at radius 3 is 2.10 bits per heavy atom.